The molecular weight excluding hydrogens is 481 g/mol. The molecule has 9 nitrogen and oxygen atoms in total. The summed E-state index contributed by atoms with van der Waals surface area (Å²) in [6.45, 7) is 9.81. The largest absolute Gasteiger partial charge is 0.462 e. The number of piperazine rings is 1. The molecule has 1 aromatic heterocycles. The molecule has 1 aromatic carbocycles. The number of benzene rings is 1. The molecule has 1 fully saturated rings. The average Bonchev–Trinajstić information content (AvgIpc) is 2.77. The smallest absolute Gasteiger partial charge is 0.410 e. The van der Waals surface area contributed by atoms with Crippen LogP contribution >= 0.6 is 23.2 Å². The molecule has 11 heteroatoms. The summed E-state index contributed by atoms with van der Waals surface area (Å²) in [5, 5.41) is 4.21. The molecule has 2 aromatic rings. The van der Waals surface area contributed by atoms with E-state index in [4.69, 9.17) is 32.7 Å². The van der Waals surface area contributed by atoms with Crippen LogP contribution in [-0.2, 0) is 16.0 Å². The molecule has 2 heterocycles. The molecule has 0 unspecified atom stereocenters. The summed E-state index contributed by atoms with van der Waals surface area (Å²) in [4.78, 5) is 37.4. The van der Waals surface area contributed by atoms with Crippen molar-refractivity contribution in [3.8, 4) is 0 Å². The molecule has 1 amide bonds. The van der Waals surface area contributed by atoms with Crippen molar-refractivity contribution < 1.29 is 19.1 Å². The van der Waals surface area contributed by atoms with Gasteiger partial charge < -0.3 is 24.6 Å². The quantitative estimate of drug-likeness (QED) is 0.562. The minimum Gasteiger partial charge on any atom is -0.462 e. The molecule has 0 aliphatic carbocycles. The van der Waals surface area contributed by atoms with Gasteiger partial charge in [0.05, 0.1) is 6.61 Å². The number of carbonyl (C=O) groups is 2. The van der Waals surface area contributed by atoms with Gasteiger partial charge in [0.2, 0.25) is 5.95 Å². The van der Waals surface area contributed by atoms with Gasteiger partial charge in [-0.2, -0.15) is 4.98 Å². The molecule has 0 radical (unpaired) electrons. The Morgan fingerprint density at radius 1 is 1.15 bits per heavy atom. The first-order valence-corrected chi connectivity index (χ1v) is 11.8. The number of carbonyl (C=O) groups excluding carboxylic acids is 2. The molecule has 1 aliphatic rings. The first-order chi connectivity index (χ1) is 16.1. The highest BCUT2D eigenvalue weighted by atomic mass is 35.5. The fourth-order valence-electron chi connectivity index (χ4n) is 3.28. The van der Waals surface area contributed by atoms with Crippen LogP contribution in [0.5, 0.6) is 0 Å². The third kappa shape index (κ3) is 6.87. The number of esters is 1. The Hall–Kier alpha value is -2.78. The Labute approximate surface area is 209 Å². The van der Waals surface area contributed by atoms with Crippen LogP contribution in [0, 0.1) is 0 Å². The Morgan fingerprint density at radius 2 is 1.85 bits per heavy atom. The summed E-state index contributed by atoms with van der Waals surface area (Å²) in [5.41, 5.74) is 0.475. The third-order valence-corrected chi connectivity index (χ3v) is 5.53. The van der Waals surface area contributed by atoms with Crippen molar-refractivity contribution in [1.29, 1.82) is 0 Å². The van der Waals surface area contributed by atoms with Crippen LogP contribution in [0.3, 0.4) is 0 Å². The van der Waals surface area contributed by atoms with Gasteiger partial charge in [0.15, 0.2) is 0 Å². The maximum Gasteiger partial charge on any atom is 0.410 e. The van der Waals surface area contributed by atoms with E-state index in [9.17, 15) is 9.59 Å². The number of aromatic nitrogens is 2. The molecule has 184 valence electrons. The van der Waals surface area contributed by atoms with Crippen molar-refractivity contribution in [1.82, 2.24) is 14.9 Å². The van der Waals surface area contributed by atoms with Crippen molar-refractivity contribution in [2.45, 2.75) is 39.8 Å². The second-order valence-corrected chi connectivity index (χ2v) is 9.54. The molecular formula is C23H29Cl2N5O4. The molecule has 0 spiro atoms. The van der Waals surface area contributed by atoms with Crippen LogP contribution in [0.4, 0.5) is 16.6 Å². The van der Waals surface area contributed by atoms with Gasteiger partial charge in [-0.15, -0.1) is 0 Å². The van der Waals surface area contributed by atoms with Crippen LogP contribution < -0.4 is 10.2 Å². The maximum absolute atomic E-state index is 12.5. The van der Waals surface area contributed by atoms with Gasteiger partial charge in [-0.25, -0.2) is 14.6 Å². The van der Waals surface area contributed by atoms with E-state index in [1.807, 2.05) is 25.7 Å². The zero-order valence-electron chi connectivity index (χ0n) is 19.7. The number of halogens is 2. The van der Waals surface area contributed by atoms with Gasteiger partial charge >= 0.3 is 12.1 Å². The van der Waals surface area contributed by atoms with Crippen LogP contribution in [-0.4, -0.2) is 65.3 Å². The van der Waals surface area contributed by atoms with E-state index in [2.05, 4.69) is 15.3 Å². The Kier molecular flexibility index (Phi) is 8.43. The monoisotopic (exact) mass is 509 g/mol. The fraction of sp³-hybridized carbons (Fsp3) is 0.478. The number of nitrogens with zero attached hydrogens (tertiary/aromatic N) is 4. The summed E-state index contributed by atoms with van der Waals surface area (Å²) in [6, 6.07) is 5.20. The summed E-state index contributed by atoms with van der Waals surface area (Å²) in [5.74, 6) is 0.263. The first kappa shape index (κ1) is 25.8. The topological polar surface area (TPSA) is 96.9 Å². The lowest BCUT2D eigenvalue weighted by Crippen LogP contribution is -2.50. The predicted octanol–water partition coefficient (Wildman–Crippen LogP) is 4.63. The number of anilines is 2. The van der Waals surface area contributed by atoms with Crippen molar-refractivity contribution in [2.24, 2.45) is 0 Å². The highest BCUT2D eigenvalue weighted by molar-refractivity contribution is 6.35. The van der Waals surface area contributed by atoms with Crippen LogP contribution in [0.2, 0.25) is 10.0 Å². The maximum atomic E-state index is 12.5. The minimum atomic E-state index is -0.548. The highest BCUT2D eigenvalue weighted by Crippen LogP contribution is 2.24. The zero-order valence-corrected chi connectivity index (χ0v) is 21.2. The van der Waals surface area contributed by atoms with E-state index in [-0.39, 0.29) is 18.3 Å². The predicted molar refractivity (Wildman–Crippen MR) is 132 cm³/mol. The van der Waals surface area contributed by atoms with Gasteiger partial charge in [0.25, 0.3) is 0 Å². The van der Waals surface area contributed by atoms with E-state index in [0.29, 0.717) is 54.5 Å². The Bertz CT molecular complexity index is 1040. The summed E-state index contributed by atoms with van der Waals surface area (Å²) < 4.78 is 10.6. The van der Waals surface area contributed by atoms with Gasteiger partial charge in [-0.3, -0.25) is 0 Å². The van der Waals surface area contributed by atoms with Crippen molar-refractivity contribution in [3.63, 3.8) is 0 Å². The molecule has 1 saturated heterocycles. The summed E-state index contributed by atoms with van der Waals surface area (Å²) >= 11 is 12.3. The van der Waals surface area contributed by atoms with Gasteiger partial charge in [0, 0.05) is 49.0 Å². The molecule has 0 atom stereocenters. The standard InChI is InChI=1S/C23H29Cl2N5O4/c1-5-33-20(31)17-14-27-21(28-19(17)26-13-15-6-7-16(24)12-18(15)25)29-8-10-30(11-9-29)22(32)34-23(2,3)4/h6-7,12,14H,5,8-11,13H2,1-4H3,(H,26,27,28). The number of ether oxygens (including phenoxy) is 2. The summed E-state index contributed by atoms with van der Waals surface area (Å²) in [7, 11) is 0. The number of hydrogen-bond acceptors (Lipinski definition) is 8. The van der Waals surface area contributed by atoms with E-state index in [0.717, 1.165) is 5.56 Å². The van der Waals surface area contributed by atoms with Gasteiger partial charge in [0.1, 0.15) is 17.0 Å². The zero-order chi connectivity index (χ0) is 24.9. The second-order valence-electron chi connectivity index (χ2n) is 8.70. The number of rotatable bonds is 6. The van der Waals surface area contributed by atoms with E-state index in [1.54, 1.807) is 30.0 Å². The SMILES string of the molecule is CCOC(=O)c1cnc(N2CCN(C(=O)OC(C)(C)C)CC2)nc1NCc1ccc(Cl)cc1Cl. The molecule has 1 N–H and O–H groups in total. The van der Waals surface area contributed by atoms with Crippen molar-refractivity contribution >= 4 is 47.0 Å². The van der Waals surface area contributed by atoms with Gasteiger partial charge in [-0.05, 0) is 45.4 Å². The van der Waals surface area contributed by atoms with Gasteiger partial charge in [-0.1, -0.05) is 29.3 Å². The average molecular weight is 510 g/mol. The number of amides is 1. The minimum absolute atomic E-state index is 0.225. The van der Waals surface area contributed by atoms with Crippen LogP contribution in [0.1, 0.15) is 43.6 Å². The van der Waals surface area contributed by atoms with E-state index < -0.39 is 11.6 Å². The van der Waals surface area contributed by atoms with E-state index in [1.165, 1.54) is 6.20 Å². The fourth-order valence-corrected chi connectivity index (χ4v) is 3.75. The lowest BCUT2D eigenvalue weighted by Gasteiger charge is -2.35. The van der Waals surface area contributed by atoms with E-state index >= 15 is 0 Å². The van der Waals surface area contributed by atoms with Crippen LogP contribution in [0.25, 0.3) is 0 Å². The second kappa shape index (κ2) is 11.1. The lowest BCUT2D eigenvalue weighted by atomic mass is 10.2. The number of nitrogens with one attached hydrogen (secondary N) is 1. The third-order valence-electron chi connectivity index (χ3n) is 4.95. The summed E-state index contributed by atoms with van der Waals surface area (Å²) in [6.07, 6.45) is 1.11. The molecule has 3 rings (SSSR count). The lowest BCUT2D eigenvalue weighted by molar-refractivity contribution is 0.0239. The Morgan fingerprint density at radius 3 is 2.47 bits per heavy atom. The van der Waals surface area contributed by atoms with Crippen molar-refractivity contribution in [3.05, 3.63) is 45.6 Å². The molecule has 0 saturated carbocycles. The molecule has 0 bridgehead atoms. The highest BCUT2D eigenvalue weighted by Gasteiger charge is 2.27. The number of hydrogen-bond donors (Lipinski definition) is 1. The Balaban J connectivity index is 1.75. The molecule has 34 heavy (non-hydrogen) atoms. The normalized spacial score (nSPS) is 14.1. The first-order valence-electron chi connectivity index (χ1n) is 11.0. The van der Waals surface area contributed by atoms with Crippen LogP contribution in [0.15, 0.2) is 24.4 Å². The molecule has 1 aliphatic heterocycles. The van der Waals surface area contributed by atoms with Crippen molar-refractivity contribution in [2.75, 3.05) is 43.0 Å².